The molecule has 0 amide bonds. The Kier molecular flexibility index (Phi) is 4.00. The van der Waals surface area contributed by atoms with Gasteiger partial charge in [-0.25, -0.2) is 4.99 Å². The summed E-state index contributed by atoms with van der Waals surface area (Å²) in [6, 6.07) is 16.1. The Morgan fingerprint density at radius 2 is 2.05 bits per heavy atom. The van der Waals surface area contributed by atoms with E-state index in [2.05, 4.69) is 36.3 Å². The van der Waals surface area contributed by atoms with E-state index in [1.165, 1.54) is 5.56 Å². The number of nitrogens with one attached hydrogen (secondary N) is 1. The number of para-hydroxylation sites is 1. The monoisotopic (exact) mass is 295 g/mol. The fourth-order valence-electron chi connectivity index (χ4n) is 2.58. The van der Waals surface area contributed by atoms with Gasteiger partial charge in [0, 0.05) is 11.3 Å². The van der Waals surface area contributed by atoms with Crippen molar-refractivity contribution in [3.8, 4) is 5.75 Å². The number of nitrogens with zero attached hydrogens (tertiary/aromatic N) is 1. The quantitative estimate of drug-likeness (QED) is 0.671. The van der Waals surface area contributed by atoms with Crippen molar-refractivity contribution in [2.45, 2.75) is 25.8 Å². The zero-order valence-electron chi connectivity index (χ0n) is 12.9. The Morgan fingerprint density at radius 3 is 2.86 bits per heavy atom. The molecule has 0 fully saturated rings. The second-order valence-electron chi connectivity index (χ2n) is 5.78. The van der Waals surface area contributed by atoms with Crippen LogP contribution in [0.2, 0.25) is 0 Å². The van der Waals surface area contributed by atoms with Crippen molar-refractivity contribution in [1.29, 1.82) is 0 Å². The van der Waals surface area contributed by atoms with Crippen LogP contribution in [0.1, 0.15) is 36.9 Å². The van der Waals surface area contributed by atoms with Gasteiger partial charge in [0.25, 0.3) is 0 Å². The van der Waals surface area contributed by atoms with Crippen molar-refractivity contribution < 1.29 is 4.74 Å². The highest BCUT2D eigenvalue weighted by Gasteiger charge is 2.23. The Balaban J connectivity index is 1.75. The molecule has 3 rings (SSSR count). The smallest absolute Gasteiger partial charge is 0.193 e. The van der Waals surface area contributed by atoms with Gasteiger partial charge in [-0.2, -0.15) is 0 Å². The lowest BCUT2D eigenvalue weighted by Gasteiger charge is -2.11. The molecule has 1 aliphatic heterocycles. The van der Waals surface area contributed by atoms with Crippen molar-refractivity contribution in [1.82, 2.24) is 0 Å². The van der Waals surface area contributed by atoms with Gasteiger partial charge in [0.2, 0.25) is 0 Å². The molecule has 3 N–H and O–H groups in total. The molecule has 0 bridgehead atoms. The van der Waals surface area contributed by atoms with Gasteiger partial charge in [-0.05, 0) is 29.7 Å². The summed E-state index contributed by atoms with van der Waals surface area (Å²) < 4.78 is 5.62. The van der Waals surface area contributed by atoms with E-state index in [0.717, 1.165) is 17.0 Å². The summed E-state index contributed by atoms with van der Waals surface area (Å²) >= 11 is 0. The lowest BCUT2D eigenvalue weighted by atomic mass is 10.0. The molecule has 0 spiro atoms. The molecule has 0 aliphatic carbocycles. The summed E-state index contributed by atoms with van der Waals surface area (Å²) in [7, 11) is 0. The van der Waals surface area contributed by atoms with Crippen LogP contribution in [-0.2, 0) is 0 Å². The van der Waals surface area contributed by atoms with E-state index in [0.29, 0.717) is 18.5 Å². The zero-order valence-corrected chi connectivity index (χ0v) is 12.9. The summed E-state index contributed by atoms with van der Waals surface area (Å²) in [5, 5.41) is 3.17. The van der Waals surface area contributed by atoms with E-state index in [1.54, 1.807) is 0 Å². The molecule has 0 saturated heterocycles. The lowest BCUT2D eigenvalue weighted by molar-refractivity contribution is 0.334. The second kappa shape index (κ2) is 6.10. The number of benzene rings is 2. The average Bonchev–Trinajstić information content (AvgIpc) is 2.91. The maximum atomic E-state index is 6.05. The van der Waals surface area contributed by atoms with Crippen LogP contribution in [0.15, 0.2) is 53.5 Å². The number of ether oxygens (including phenoxy) is 1. The third kappa shape index (κ3) is 3.06. The first-order valence-electron chi connectivity index (χ1n) is 7.55. The van der Waals surface area contributed by atoms with E-state index < -0.39 is 0 Å². The van der Waals surface area contributed by atoms with Gasteiger partial charge in [-0.15, -0.1) is 0 Å². The van der Waals surface area contributed by atoms with Crippen LogP contribution in [0.5, 0.6) is 5.75 Å². The number of hydrogen-bond donors (Lipinski definition) is 2. The third-order valence-electron chi connectivity index (χ3n) is 3.80. The molecule has 1 atom stereocenters. The summed E-state index contributed by atoms with van der Waals surface area (Å²) in [4.78, 5) is 4.55. The fraction of sp³-hybridized carbons (Fsp3) is 0.278. The first kappa shape index (κ1) is 14.4. The first-order chi connectivity index (χ1) is 10.6. The van der Waals surface area contributed by atoms with Crippen LogP contribution in [-0.4, -0.2) is 12.6 Å². The maximum absolute atomic E-state index is 6.05. The van der Waals surface area contributed by atoms with Crippen LogP contribution < -0.4 is 15.8 Å². The molecule has 4 nitrogen and oxygen atoms in total. The minimum absolute atomic E-state index is 0.0445. The Bertz CT molecular complexity index is 694. The molecule has 4 heteroatoms. The minimum Gasteiger partial charge on any atom is -0.491 e. The Morgan fingerprint density at radius 1 is 1.23 bits per heavy atom. The van der Waals surface area contributed by atoms with Crippen molar-refractivity contribution >= 4 is 11.6 Å². The molecule has 2 aromatic rings. The van der Waals surface area contributed by atoms with Gasteiger partial charge >= 0.3 is 0 Å². The number of hydrogen-bond acceptors (Lipinski definition) is 2. The maximum Gasteiger partial charge on any atom is 0.193 e. The first-order valence-corrected chi connectivity index (χ1v) is 7.55. The average molecular weight is 295 g/mol. The van der Waals surface area contributed by atoms with Crippen LogP contribution >= 0.6 is 0 Å². The SMILES string of the molecule is CC(C)c1cccc(NC(N)=NC2COc3ccccc32)c1. The van der Waals surface area contributed by atoms with Gasteiger partial charge in [0.05, 0.1) is 0 Å². The Labute approximate surface area is 131 Å². The molecular formula is C18H21N3O. The summed E-state index contributed by atoms with van der Waals surface area (Å²) in [5.41, 5.74) is 9.37. The van der Waals surface area contributed by atoms with Gasteiger partial charge in [-0.1, -0.05) is 44.2 Å². The van der Waals surface area contributed by atoms with Crippen LogP contribution in [0.25, 0.3) is 0 Å². The van der Waals surface area contributed by atoms with E-state index in [9.17, 15) is 0 Å². The van der Waals surface area contributed by atoms with E-state index >= 15 is 0 Å². The summed E-state index contributed by atoms with van der Waals surface area (Å²) in [5.74, 6) is 1.78. The highest BCUT2D eigenvalue weighted by molar-refractivity contribution is 5.92. The van der Waals surface area contributed by atoms with Gasteiger partial charge < -0.3 is 15.8 Å². The molecule has 0 saturated carbocycles. The number of guanidine groups is 1. The number of anilines is 1. The number of fused-ring (bicyclic) bond motifs is 1. The van der Waals surface area contributed by atoms with E-state index in [1.807, 2.05) is 36.4 Å². The van der Waals surface area contributed by atoms with Crippen molar-refractivity contribution in [3.63, 3.8) is 0 Å². The van der Waals surface area contributed by atoms with Crippen molar-refractivity contribution in [3.05, 3.63) is 59.7 Å². The fourth-order valence-corrected chi connectivity index (χ4v) is 2.58. The molecule has 114 valence electrons. The van der Waals surface area contributed by atoms with Crippen molar-refractivity contribution in [2.75, 3.05) is 11.9 Å². The molecular weight excluding hydrogens is 274 g/mol. The number of nitrogens with two attached hydrogens (primary N) is 1. The molecule has 0 radical (unpaired) electrons. The summed E-state index contributed by atoms with van der Waals surface area (Å²) in [6.07, 6.45) is 0. The van der Waals surface area contributed by atoms with Crippen molar-refractivity contribution in [2.24, 2.45) is 10.7 Å². The highest BCUT2D eigenvalue weighted by Crippen LogP contribution is 2.34. The largest absolute Gasteiger partial charge is 0.491 e. The van der Waals surface area contributed by atoms with Crippen LogP contribution in [0, 0.1) is 0 Å². The summed E-state index contributed by atoms with van der Waals surface area (Å²) in [6.45, 7) is 4.88. The number of aliphatic imine (C=N–C) groups is 1. The normalized spacial score (nSPS) is 17.2. The van der Waals surface area contributed by atoms with Gasteiger partial charge in [0.1, 0.15) is 18.4 Å². The molecule has 2 aromatic carbocycles. The molecule has 1 heterocycles. The van der Waals surface area contributed by atoms with E-state index in [-0.39, 0.29) is 6.04 Å². The molecule has 0 aromatic heterocycles. The third-order valence-corrected chi connectivity index (χ3v) is 3.80. The van der Waals surface area contributed by atoms with Crippen LogP contribution in [0.3, 0.4) is 0 Å². The zero-order chi connectivity index (χ0) is 15.5. The second-order valence-corrected chi connectivity index (χ2v) is 5.78. The predicted octanol–water partition coefficient (Wildman–Crippen LogP) is 3.67. The molecule has 22 heavy (non-hydrogen) atoms. The van der Waals surface area contributed by atoms with Gasteiger partial charge in [0.15, 0.2) is 5.96 Å². The predicted molar refractivity (Wildman–Crippen MR) is 90.5 cm³/mol. The lowest BCUT2D eigenvalue weighted by Crippen LogP contribution is -2.24. The standard InChI is InChI=1S/C18H21N3O/c1-12(2)13-6-5-7-14(10-13)20-18(19)21-16-11-22-17-9-4-3-8-15(16)17/h3-10,12,16H,11H2,1-2H3,(H3,19,20,21). The minimum atomic E-state index is -0.0445. The Hall–Kier alpha value is -2.49. The van der Waals surface area contributed by atoms with E-state index in [4.69, 9.17) is 10.5 Å². The highest BCUT2D eigenvalue weighted by atomic mass is 16.5. The topological polar surface area (TPSA) is 59.6 Å². The molecule has 1 aliphatic rings. The van der Waals surface area contributed by atoms with Crippen LogP contribution in [0.4, 0.5) is 5.69 Å². The number of rotatable bonds is 3. The van der Waals surface area contributed by atoms with Gasteiger partial charge in [-0.3, -0.25) is 0 Å². The molecule has 1 unspecified atom stereocenters.